The molecule has 2 aliphatic rings. The van der Waals surface area contributed by atoms with Crippen molar-refractivity contribution in [3.63, 3.8) is 0 Å². The average Bonchev–Trinajstić information content (AvgIpc) is 3.09. The van der Waals surface area contributed by atoms with Crippen LogP contribution >= 0.6 is 0 Å². The summed E-state index contributed by atoms with van der Waals surface area (Å²) in [5.41, 5.74) is 0.806. The fraction of sp³-hybridized carbons (Fsp3) is 0.353. The smallest absolute Gasteiger partial charge is 0.217 e. The molecule has 0 amide bonds. The van der Waals surface area contributed by atoms with Crippen LogP contribution in [0.15, 0.2) is 41.5 Å². The molecule has 0 spiro atoms. The first kappa shape index (κ1) is 15.0. The minimum Gasteiger partial charge on any atom is -0.352 e. The SMILES string of the molecule is Fc1ccc(-c2nc(C3CCNCC3)n(C3N=CC=CN3)n2)cc1. The summed E-state index contributed by atoms with van der Waals surface area (Å²) in [7, 11) is 0. The van der Waals surface area contributed by atoms with E-state index >= 15 is 0 Å². The second-order valence-corrected chi connectivity index (χ2v) is 5.97. The van der Waals surface area contributed by atoms with Crippen LogP contribution in [0.5, 0.6) is 0 Å². The second-order valence-electron chi connectivity index (χ2n) is 5.97. The lowest BCUT2D eigenvalue weighted by Gasteiger charge is -2.24. The van der Waals surface area contributed by atoms with Crippen molar-refractivity contribution in [2.24, 2.45) is 4.99 Å². The Morgan fingerprint density at radius 3 is 2.62 bits per heavy atom. The van der Waals surface area contributed by atoms with Crippen molar-refractivity contribution in [2.75, 3.05) is 13.1 Å². The highest BCUT2D eigenvalue weighted by atomic mass is 19.1. The largest absolute Gasteiger partial charge is 0.352 e. The van der Waals surface area contributed by atoms with Gasteiger partial charge in [0.2, 0.25) is 6.29 Å². The molecule has 0 bridgehead atoms. The maximum absolute atomic E-state index is 13.2. The van der Waals surface area contributed by atoms with E-state index < -0.39 is 0 Å². The molecule has 1 unspecified atom stereocenters. The molecular formula is C17H19FN6. The van der Waals surface area contributed by atoms with Gasteiger partial charge in [-0.3, -0.25) is 0 Å². The molecule has 1 aromatic carbocycles. The summed E-state index contributed by atoms with van der Waals surface area (Å²) in [6, 6.07) is 6.28. The summed E-state index contributed by atoms with van der Waals surface area (Å²) in [6.07, 6.45) is 7.21. The summed E-state index contributed by atoms with van der Waals surface area (Å²) in [4.78, 5) is 9.21. The van der Waals surface area contributed by atoms with Gasteiger partial charge in [0.1, 0.15) is 11.6 Å². The predicted molar refractivity (Wildman–Crippen MR) is 90.1 cm³/mol. The first-order valence-corrected chi connectivity index (χ1v) is 8.19. The van der Waals surface area contributed by atoms with Gasteiger partial charge in [0.25, 0.3) is 0 Å². The number of aromatic nitrogens is 3. The zero-order valence-electron chi connectivity index (χ0n) is 13.2. The minimum absolute atomic E-state index is 0.263. The van der Waals surface area contributed by atoms with Crippen molar-refractivity contribution < 1.29 is 4.39 Å². The minimum atomic E-state index is -0.290. The fourth-order valence-corrected chi connectivity index (χ4v) is 3.09. The summed E-state index contributed by atoms with van der Waals surface area (Å²) in [5.74, 6) is 1.62. The Labute approximate surface area is 139 Å². The Morgan fingerprint density at radius 2 is 1.92 bits per heavy atom. The van der Waals surface area contributed by atoms with E-state index in [2.05, 4.69) is 20.7 Å². The number of nitrogens with one attached hydrogen (secondary N) is 2. The number of benzene rings is 1. The standard InChI is InChI=1S/C17H19FN6/c18-14-4-2-12(3-5-14)15-22-16(13-6-10-19-11-7-13)24(23-15)17-20-8-1-9-21-17/h1-5,8-9,13,17,19-20H,6-7,10-11H2. The number of nitrogens with zero attached hydrogens (tertiary/aromatic N) is 4. The van der Waals surface area contributed by atoms with Crippen molar-refractivity contribution in [1.29, 1.82) is 0 Å². The van der Waals surface area contributed by atoms with Gasteiger partial charge in [-0.05, 0) is 56.3 Å². The van der Waals surface area contributed by atoms with Crippen LogP contribution in [0.1, 0.15) is 30.9 Å². The van der Waals surface area contributed by atoms with Crippen LogP contribution in [0.4, 0.5) is 4.39 Å². The van der Waals surface area contributed by atoms with Crippen LogP contribution in [0.25, 0.3) is 11.4 Å². The van der Waals surface area contributed by atoms with Crippen LogP contribution in [-0.4, -0.2) is 34.1 Å². The van der Waals surface area contributed by atoms with E-state index in [0.29, 0.717) is 11.7 Å². The van der Waals surface area contributed by atoms with Crippen LogP contribution < -0.4 is 10.6 Å². The van der Waals surface area contributed by atoms with E-state index in [9.17, 15) is 4.39 Å². The summed E-state index contributed by atoms with van der Waals surface area (Å²) in [6.45, 7) is 1.95. The van der Waals surface area contributed by atoms with Crippen molar-refractivity contribution in [3.8, 4) is 11.4 Å². The summed E-state index contributed by atoms with van der Waals surface area (Å²) >= 11 is 0. The molecule has 2 aromatic rings. The molecule has 7 heteroatoms. The normalized spacial score (nSPS) is 21.0. The van der Waals surface area contributed by atoms with Crippen molar-refractivity contribution in [3.05, 3.63) is 48.2 Å². The quantitative estimate of drug-likeness (QED) is 0.907. The van der Waals surface area contributed by atoms with Crippen LogP contribution in [0.3, 0.4) is 0 Å². The predicted octanol–water partition coefficient (Wildman–Crippen LogP) is 2.19. The molecule has 0 saturated carbocycles. The molecule has 24 heavy (non-hydrogen) atoms. The van der Waals surface area contributed by atoms with E-state index in [1.54, 1.807) is 18.3 Å². The number of hydrogen-bond donors (Lipinski definition) is 2. The van der Waals surface area contributed by atoms with E-state index in [-0.39, 0.29) is 12.1 Å². The molecule has 4 rings (SSSR count). The molecule has 3 heterocycles. The van der Waals surface area contributed by atoms with E-state index in [1.165, 1.54) is 12.1 Å². The highest BCUT2D eigenvalue weighted by Crippen LogP contribution is 2.28. The first-order valence-electron chi connectivity index (χ1n) is 8.19. The Hall–Kier alpha value is -2.54. The number of halogens is 1. The molecule has 124 valence electrons. The zero-order valence-corrected chi connectivity index (χ0v) is 13.2. The first-order chi connectivity index (χ1) is 11.8. The van der Waals surface area contributed by atoms with E-state index in [4.69, 9.17) is 4.98 Å². The van der Waals surface area contributed by atoms with Crippen molar-refractivity contribution in [2.45, 2.75) is 25.0 Å². The number of piperidine rings is 1. The fourth-order valence-electron chi connectivity index (χ4n) is 3.09. The molecule has 2 N–H and O–H groups in total. The van der Waals surface area contributed by atoms with Gasteiger partial charge < -0.3 is 10.6 Å². The third kappa shape index (κ3) is 2.94. The molecule has 6 nitrogen and oxygen atoms in total. The van der Waals surface area contributed by atoms with E-state index in [1.807, 2.05) is 17.0 Å². The van der Waals surface area contributed by atoms with Crippen molar-refractivity contribution >= 4 is 6.21 Å². The van der Waals surface area contributed by atoms with Gasteiger partial charge in [-0.2, -0.15) is 0 Å². The van der Waals surface area contributed by atoms with E-state index in [0.717, 1.165) is 37.3 Å². The van der Waals surface area contributed by atoms with Gasteiger partial charge in [-0.1, -0.05) is 0 Å². The number of aliphatic imine (C=N–C) groups is 1. The van der Waals surface area contributed by atoms with Gasteiger partial charge >= 0.3 is 0 Å². The van der Waals surface area contributed by atoms with Crippen LogP contribution in [0.2, 0.25) is 0 Å². The maximum atomic E-state index is 13.2. The van der Waals surface area contributed by atoms with Gasteiger partial charge in [-0.15, -0.1) is 5.10 Å². The highest BCUT2D eigenvalue weighted by molar-refractivity contribution is 5.71. The monoisotopic (exact) mass is 326 g/mol. The van der Waals surface area contributed by atoms with Crippen molar-refractivity contribution in [1.82, 2.24) is 25.4 Å². The zero-order chi connectivity index (χ0) is 16.4. The number of hydrogen-bond acceptors (Lipinski definition) is 5. The lowest BCUT2D eigenvalue weighted by Crippen LogP contribution is -2.31. The molecule has 1 atom stereocenters. The Bertz CT molecular complexity index is 758. The topological polar surface area (TPSA) is 67.1 Å². The Kier molecular flexibility index (Phi) is 4.08. The van der Waals surface area contributed by atoms with Gasteiger partial charge in [0, 0.05) is 23.9 Å². The Balaban J connectivity index is 1.73. The van der Waals surface area contributed by atoms with Gasteiger partial charge in [0.05, 0.1) is 0 Å². The maximum Gasteiger partial charge on any atom is 0.217 e. The third-order valence-electron chi connectivity index (χ3n) is 4.35. The molecular weight excluding hydrogens is 307 g/mol. The molecule has 1 saturated heterocycles. The summed E-state index contributed by atoms with van der Waals surface area (Å²) in [5, 5.41) is 11.2. The second kappa shape index (κ2) is 6.52. The lowest BCUT2D eigenvalue weighted by atomic mass is 9.97. The van der Waals surface area contributed by atoms with Gasteiger partial charge in [0.15, 0.2) is 5.82 Å². The summed E-state index contributed by atoms with van der Waals surface area (Å²) < 4.78 is 15.0. The number of rotatable bonds is 3. The Morgan fingerprint density at radius 1 is 1.12 bits per heavy atom. The molecule has 0 radical (unpaired) electrons. The van der Waals surface area contributed by atoms with Crippen LogP contribution in [-0.2, 0) is 0 Å². The molecule has 1 fully saturated rings. The van der Waals surface area contributed by atoms with Gasteiger partial charge in [-0.25, -0.2) is 19.0 Å². The third-order valence-corrected chi connectivity index (χ3v) is 4.35. The molecule has 0 aliphatic carbocycles. The van der Waals surface area contributed by atoms with Crippen LogP contribution in [0, 0.1) is 5.82 Å². The number of allylic oxidation sites excluding steroid dienone is 1. The lowest BCUT2D eigenvalue weighted by molar-refractivity contribution is 0.369. The molecule has 1 aromatic heterocycles. The highest BCUT2D eigenvalue weighted by Gasteiger charge is 2.26. The molecule has 2 aliphatic heterocycles. The average molecular weight is 326 g/mol.